The Morgan fingerprint density at radius 2 is 1.44 bits per heavy atom. The van der Waals surface area contributed by atoms with Crippen LogP contribution in [0.2, 0.25) is 0 Å². The largest absolute Gasteiger partial charge is 0.0683 e. The molecule has 0 saturated carbocycles. The van der Waals surface area contributed by atoms with Crippen molar-refractivity contribution < 1.29 is 0 Å². The Balaban J connectivity index is 0.000000574. The van der Waals surface area contributed by atoms with Crippen LogP contribution in [0.3, 0.4) is 0 Å². The Hall–Kier alpha value is -1.82. The van der Waals surface area contributed by atoms with E-state index in [2.05, 4.69) is 62.4 Å². The third-order valence-corrected chi connectivity index (χ3v) is 3.21. The third-order valence-electron chi connectivity index (χ3n) is 3.21. The fraction of sp³-hybridized carbons (Fsp3) is 0.222. The van der Waals surface area contributed by atoms with Crippen LogP contribution in [0.4, 0.5) is 0 Å². The van der Waals surface area contributed by atoms with Crippen molar-refractivity contribution in [2.45, 2.75) is 27.7 Å². The lowest BCUT2D eigenvalue weighted by atomic mass is 9.99. The van der Waals surface area contributed by atoms with Crippen LogP contribution in [0.5, 0.6) is 0 Å². The van der Waals surface area contributed by atoms with Gasteiger partial charge in [-0.2, -0.15) is 0 Å². The maximum atomic E-state index is 2.29. The Bertz CT molecular complexity index is 677. The van der Waals surface area contributed by atoms with Crippen molar-refractivity contribution in [3.63, 3.8) is 0 Å². The predicted molar refractivity (Wildman–Crippen MR) is 82.3 cm³/mol. The summed E-state index contributed by atoms with van der Waals surface area (Å²) in [5, 5.41) is 5.35. The molecule has 18 heavy (non-hydrogen) atoms. The lowest BCUT2D eigenvalue weighted by molar-refractivity contribution is 1.50. The molecule has 0 N–H and O–H groups in total. The van der Waals surface area contributed by atoms with Gasteiger partial charge in [-0.15, -0.1) is 0 Å². The first-order chi connectivity index (χ1) is 8.74. The Morgan fingerprint density at radius 1 is 0.667 bits per heavy atom. The molecule has 0 radical (unpaired) electrons. The van der Waals surface area contributed by atoms with Crippen LogP contribution in [0.15, 0.2) is 48.5 Å². The van der Waals surface area contributed by atoms with Gasteiger partial charge in [-0.3, -0.25) is 0 Å². The van der Waals surface area contributed by atoms with Crippen molar-refractivity contribution >= 4 is 21.5 Å². The standard InChI is InChI=1S/C16H14.C2H6/c1-11-6-7-13-10-16-12(2)4-3-5-14(16)9-15(13)8-11;1-2/h3-10H,1-2H3;1-2H3. The molecule has 3 aromatic rings. The predicted octanol–water partition coefficient (Wildman–Crippen LogP) is 5.64. The average molecular weight is 236 g/mol. The van der Waals surface area contributed by atoms with E-state index in [1.807, 2.05) is 13.8 Å². The number of fused-ring (bicyclic) bond motifs is 2. The second-order valence-electron chi connectivity index (χ2n) is 4.50. The second-order valence-corrected chi connectivity index (χ2v) is 4.50. The minimum atomic E-state index is 1.32. The van der Waals surface area contributed by atoms with Crippen LogP contribution in [0.25, 0.3) is 21.5 Å². The summed E-state index contributed by atoms with van der Waals surface area (Å²) in [6.45, 7) is 8.31. The van der Waals surface area contributed by atoms with Crippen molar-refractivity contribution in [2.75, 3.05) is 0 Å². The molecule has 0 amide bonds. The van der Waals surface area contributed by atoms with Crippen molar-refractivity contribution in [1.29, 1.82) is 0 Å². The van der Waals surface area contributed by atoms with E-state index in [0.29, 0.717) is 0 Å². The molecule has 0 heterocycles. The zero-order chi connectivity index (χ0) is 13.1. The van der Waals surface area contributed by atoms with Gasteiger partial charge < -0.3 is 0 Å². The summed E-state index contributed by atoms with van der Waals surface area (Å²) in [6, 6.07) is 17.7. The van der Waals surface area contributed by atoms with Crippen molar-refractivity contribution in [1.82, 2.24) is 0 Å². The number of aryl methyl sites for hydroxylation is 2. The molecule has 0 spiro atoms. The van der Waals surface area contributed by atoms with Crippen LogP contribution in [0, 0.1) is 13.8 Å². The van der Waals surface area contributed by atoms with E-state index in [1.165, 1.54) is 32.7 Å². The summed E-state index contributed by atoms with van der Waals surface area (Å²) >= 11 is 0. The summed E-state index contributed by atoms with van der Waals surface area (Å²) in [5.74, 6) is 0. The molecule has 0 fully saturated rings. The molecule has 0 heteroatoms. The minimum absolute atomic E-state index is 1.32. The van der Waals surface area contributed by atoms with E-state index in [0.717, 1.165) is 0 Å². The second kappa shape index (κ2) is 5.22. The van der Waals surface area contributed by atoms with Crippen LogP contribution in [0.1, 0.15) is 25.0 Å². The lowest BCUT2D eigenvalue weighted by Gasteiger charge is -2.05. The lowest BCUT2D eigenvalue weighted by Crippen LogP contribution is -1.80. The van der Waals surface area contributed by atoms with Crippen molar-refractivity contribution in [3.8, 4) is 0 Å². The van der Waals surface area contributed by atoms with E-state index < -0.39 is 0 Å². The quantitative estimate of drug-likeness (QED) is 0.443. The highest BCUT2D eigenvalue weighted by molar-refractivity contribution is 5.99. The number of benzene rings is 3. The van der Waals surface area contributed by atoms with E-state index in [-0.39, 0.29) is 0 Å². The molecule has 0 bridgehead atoms. The highest BCUT2D eigenvalue weighted by atomic mass is 14.0. The molecular weight excluding hydrogens is 216 g/mol. The molecule has 0 aliphatic rings. The molecule has 0 nitrogen and oxygen atoms in total. The van der Waals surface area contributed by atoms with Gasteiger partial charge in [-0.1, -0.05) is 55.8 Å². The topological polar surface area (TPSA) is 0 Å². The van der Waals surface area contributed by atoms with Gasteiger partial charge in [0.15, 0.2) is 0 Å². The molecule has 0 saturated heterocycles. The van der Waals surface area contributed by atoms with Gasteiger partial charge in [-0.05, 0) is 53.1 Å². The molecular formula is C18H20. The molecule has 0 aliphatic heterocycles. The molecule has 92 valence electrons. The van der Waals surface area contributed by atoms with E-state index >= 15 is 0 Å². The van der Waals surface area contributed by atoms with Crippen molar-refractivity contribution in [3.05, 3.63) is 59.7 Å². The zero-order valence-corrected chi connectivity index (χ0v) is 11.6. The molecule has 0 aliphatic carbocycles. The SMILES string of the molecule is CC.Cc1ccc2cc3c(C)cccc3cc2c1. The number of hydrogen-bond donors (Lipinski definition) is 0. The van der Waals surface area contributed by atoms with E-state index in [1.54, 1.807) is 0 Å². The summed E-state index contributed by atoms with van der Waals surface area (Å²) < 4.78 is 0. The van der Waals surface area contributed by atoms with Gasteiger partial charge >= 0.3 is 0 Å². The highest BCUT2D eigenvalue weighted by Gasteiger charge is 2.00. The van der Waals surface area contributed by atoms with Crippen LogP contribution < -0.4 is 0 Å². The van der Waals surface area contributed by atoms with Gasteiger partial charge in [0.25, 0.3) is 0 Å². The normalized spacial score (nSPS) is 10.2. The Morgan fingerprint density at radius 3 is 2.22 bits per heavy atom. The fourth-order valence-electron chi connectivity index (χ4n) is 2.30. The minimum Gasteiger partial charge on any atom is -0.0683 e. The van der Waals surface area contributed by atoms with Crippen LogP contribution >= 0.6 is 0 Å². The van der Waals surface area contributed by atoms with Gasteiger partial charge in [0.1, 0.15) is 0 Å². The van der Waals surface area contributed by atoms with Gasteiger partial charge in [-0.25, -0.2) is 0 Å². The van der Waals surface area contributed by atoms with E-state index in [4.69, 9.17) is 0 Å². The average Bonchev–Trinajstić information content (AvgIpc) is 2.39. The molecule has 0 aromatic heterocycles. The summed E-state index contributed by atoms with van der Waals surface area (Å²) in [5.41, 5.74) is 2.67. The monoisotopic (exact) mass is 236 g/mol. The fourth-order valence-corrected chi connectivity index (χ4v) is 2.30. The third kappa shape index (κ3) is 2.24. The zero-order valence-electron chi connectivity index (χ0n) is 11.6. The molecule has 3 rings (SSSR count). The Kier molecular flexibility index (Phi) is 3.66. The van der Waals surface area contributed by atoms with Crippen molar-refractivity contribution in [2.24, 2.45) is 0 Å². The molecule has 0 atom stereocenters. The number of rotatable bonds is 0. The highest BCUT2D eigenvalue weighted by Crippen LogP contribution is 2.25. The summed E-state index contributed by atoms with van der Waals surface area (Å²) in [6.07, 6.45) is 0. The number of hydrogen-bond acceptors (Lipinski definition) is 0. The van der Waals surface area contributed by atoms with Gasteiger partial charge in [0.05, 0.1) is 0 Å². The van der Waals surface area contributed by atoms with Crippen LogP contribution in [-0.2, 0) is 0 Å². The van der Waals surface area contributed by atoms with Crippen LogP contribution in [-0.4, -0.2) is 0 Å². The summed E-state index contributed by atoms with van der Waals surface area (Å²) in [7, 11) is 0. The molecule has 3 aromatic carbocycles. The first kappa shape index (κ1) is 12.6. The van der Waals surface area contributed by atoms with Gasteiger partial charge in [0, 0.05) is 0 Å². The van der Waals surface area contributed by atoms with Gasteiger partial charge in [0.2, 0.25) is 0 Å². The van der Waals surface area contributed by atoms with E-state index in [9.17, 15) is 0 Å². The first-order valence-electron chi connectivity index (χ1n) is 6.64. The molecule has 0 unspecified atom stereocenters. The Labute approximate surface area is 109 Å². The smallest absolute Gasteiger partial charge is 0.0148 e. The maximum Gasteiger partial charge on any atom is -0.0148 e. The summed E-state index contributed by atoms with van der Waals surface area (Å²) in [4.78, 5) is 0. The maximum absolute atomic E-state index is 2.29. The first-order valence-corrected chi connectivity index (χ1v) is 6.64.